The van der Waals surface area contributed by atoms with Crippen LogP contribution in [-0.4, -0.2) is 46.5 Å². The van der Waals surface area contributed by atoms with Crippen LogP contribution in [0.25, 0.3) is 0 Å². The van der Waals surface area contributed by atoms with Gasteiger partial charge in [-0.3, -0.25) is 9.59 Å². The summed E-state index contributed by atoms with van der Waals surface area (Å²) in [4.78, 5) is 28.3. The Hall–Kier alpha value is -2.38. The molecule has 0 radical (unpaired) electrons. The van der Waals surface area contributed by atoms with Gasteiger partial charge in [-0.2, -0.15) is 0 Å². The summed E-state index contributed by atoms with van der Waals surface area (Å²) in [5.74, 6) is -1.20. The quantitative estimate of drug-likeness (QED) is 0.615. The lowest BCUT2D eigenvalue weighted by Crippen LogP contribution is -3.07. The molecular formula is C19H27N4O2S+. The molecule has 1 aromatic heterocycles. The minimum absolute atomic E-state index is 0.0697. The number of anilines is 1. The van der Waals surface area contributed by atoms with E-state index in [4.69, 9.17) is 0 Å². The number of thiophene rings is 1. The van der Waals surface area contributed by atoms with Crippen molar-refractivity contribution < 1.29 is 14.5 Å². The number of hydrogen-bond acceptors (Lipinski definition) is 4. The summed E-state index contributed by atoms with van der Waals surface area (Å²) in [6.07, 6.45) is 0. The van der Waals surface area contributed by atoms with Crippen LogP contribution >= 0.6 is 11.3 Å². The van der Waals surface area contributed by atoms with Crippen LogP contribution in [0.3, 0.4) is 0 Å². The van der Waals surface area contributed by atoms with Crippen molar-refractivity contribution in [3.63, 3.8) is 0 Å². The first kappa shape index (κ1) is 19.9. The Morgan fingerprint density at radius 2 is 1.73 bits per heavy atom. The van der Waals surface area contributed by atoms with Crippen LogP contribution < -0.4 is 20.4 Å². The third kappa shape index (κ3) is 5.57. The van der Waals surface area contributed by atoms with Crippen LogP contribution in [0.5, 0.6) is 0 Å². The topological polar surface area (TPSA) is 65.9 Å². The van der Waals surface area contributed by atoms with Crippen LogP contribution in [0.4, 0.5) is 5.69 Å². The lowest BCUT2D eigenvalue weighted by atomic mass is 10.1. The van der Waals surface area contributed by atoms with Crippen LogP contribution in [0, 0.1) is 0 Å². The Bertz CT molecular complexity index is 712. The summed E-state index contributed by atoms with van der Waals surface area (Å²) in [5, 5.41) is 7.33. The van der Waals surface area contributed by atoms with Crippen molar-refractivity contribution in [2.75, 3.05) is 39.6 Å². The molecule has 2 amide bonds. The maximum atomic E-state index is 12.1. The molecule has 0 aliphatic rings. The van der Waals surface area contributed by atoms with Gasteiger partial charge >= 0.3 is 11.8 Å². The average molecular weight is 376 g/mol. The largest absolute Gasteiger partial charge is 0.378 e. The smallest absolute Gasteiger partial charge is 0.309 e. The third-order valence-electron chi connectivity index (χ3n) is 4.19. The van der Waals surface area contributed by atoms with Gasteiger partial charge in [0.05, 0.1) is 27.2 Å². The van der Waals surface area contributed by atoms with Gasteiger partial charge in [-0.25, -0.2) is 0 Å². The first-order valence-electron chi connectivity index (χ1n) is 8.54. The molecule has 0 aliphatic carbocycles. The number of quaternary nitrogens is 1. The Balaban J connectivity index is 1.90. The highest BCUT2D eigenvalue weighted by Gasteiger charge is 2.21. The van der Waals surface area contributed by atoms with Gasteiger partial charge in [-0.05, 0) is 23.6 Å². The number of benzene rings is 1. The highest BCUT2D eigenvalue weighted by atomic mass is 32.1. The van der Waals surface area contributed by atoms with Crippen molar-refractivity contribution in [3.05, 3.63) is 52.2 Å². The van der Waals surface area contributed by atoms with Crippen molar-refractivity contribution in [1.82, 2.24) is 10.6 Å². The third-order valence-corrected chi connectivity index (χ3v) is 5.06. The first-order chi connectivity index (χ1) is 12.4. The zero-order chi connectivity index (χ0) is 19.1. The second-order valence-corrected chi connectivity index (χ2v) is 7.62. The van der Waals surface area contributed by atoms with E-state index in [0.717, 1.165) is 16.1 Å². The molecule has 26 heavy (non-hydrogen) atoms. The molecule has 0 bridgehead atoms. The number of rotatable bonds is 7. The van der Waals surface area contributed by atoms with E-state index in [-0.39, 0.29) is 6.04 Å². The molecule has 7 heteroatoms. The maximum absolute atomic E-state index is 12.1. The van der Waals surface area contributed by atoms with Crippen LogP contribution in [0.15, 0.2) is 41.8 Å². The van der Waals surface area contributed by atoms with Crippen molar-refractivity contribution in [2.45, 2.75) is 12.6 Å². The van der Waals surface area contributed by atoms with Crippen molar-refractivity contribution in [3.8, 4) is 0 Å². The Kier molecular flexibility index (Phi) is 7.17. The maximum Gasteiger partial charge on any atom is 0.309 e. The molecule has 0 fully saturated rings. The van der Waals surface area contributed by atoms with Crippen molar-refractivity contribution in [1.29, 1.82) is 0 Å². The molecule has 0 aliphatic heterocycles. The van der Waals surface area contributed by atoms with E-state index in [1.165, 1.54) is 4.90 Å². The molecule has 2 aromatic rings. The first-order valence-corrected chi connectivity index (χ1v) is 9.42. The number of amides is 2. The molecule has 1 aromatic carbocycles. The van der Waals surface area contributed by atoms with E-state index in [1.54, 1.807) is 11.3 Å². The van der Waals surface area contributed by atoms with Gasteiger partial charge in [-0.15, -0.1) is 11.3 Å². The zero-order valence-corrected chi connectivity index (χ0v) is 16.5. The number of likely N-dealkylation sites (N-methyl/N-ethyl adjacent to an activating group) is 1. The number of nitrogens with zero attached hydrogens (tertiary/aromatic N) is 1. The van der Waals surface area contributed by atoms with E-state index in [2.05, 4.69) is 34.9 Å². The van der Waals surface area contributed by atoms with Crippen LogP contribution in [0.2, 0.25) is 0 Å². The number of nitrogens with one attached hydrogen (secondary N) is 3. The van der Waals surface area contributed by atoms with Gasteiger partial charge < -0.3 is 20.4 Å². The molecule has 0 saturated heterocycles. The van der Waals surface area contributed by atoms with Crippen molar-refractivity contribution in [2.24, 2.45) is 0 Å². The van der Waals surface area contributed by atoms with Gasteiger partial charge in [0, 0.05) is 30.2 Å². The molecule has 0 spiro atoms. The lowest BCUT2D eigenvalue weighted by Gasteiger charge is -2.23. The SMILES string of the molecule is CN(C)c1ccc([C@@H](CNC(=O)C(=O)NCc2cccs2)[NH+](C)C)cc1. The fraction of sp³-hybridized carbons (Fsp3) is 0.368. The van der Waals surface area contributed by atoms with Crippen LogP contribution in [0.1, 0.15) is 16.5 Å². The fourth-order valence-corrected chi connectivity index (χ4v) is 3.24. The fourth-order valence-electron chi connectivity index (χ4n) is 2.60. The average Bonchev–Trinajstić information content (AvgIpc) is 3.13. The van der Waals surface area contributed by atoms with Crippen LogP contribution in [-0.2, 0) is 16.1 Å². The van der Waals surface area contributed by atoms with E-state index < -0.39 is 11.8 Å². The summed E-state index contributed by atoms with van der Waals surface area (Å²) in [6.45, 7) is 0.771. The van der Waals surface area contributed by atoms with Gasteiger partial charge in [0.15, 0.2) is 0 Å². The summed E-state index contributed by atoms with van der Waals surface area (Å²) in [5.41, 5.74) is 2.24. The summed E-state index contributed by atoms with van der Waals surface area (Å²) in [6, 6.07) is 12.2. The minimum atomic E-state index is -0.603. The highest BCUT2D eigenvalue weighted by molar-refractivity contribution is 7.09. The lowest BCUT2D eigenvalue weighted by molar-refractivity contribution is -0.890. The highest BCUT2D eigenvalue weighted by Crippen LogP contribution is 2.16. The number of carbonyl (C=O) groups excluding carboxylic acids is 2. The monoisotopic (exact) mass is 375 g/mol. The molecule has 3 N–H and O–H groups in total. The predicted octanol–water partition coefficient (Wildman–Crippen LogP) is 0.432. The molecular weight excluding hydrogens is 348 g/mol. The summed E-state index contributed by atoms with van der Waals surface area (Å²) < 4.78 is 0. The number of hydrogen-bond donors (Lipinski definition) is 3. The molecule has 1 atom stereocenters. The molecule has 2 rings (SSSR count). The van der Waals surface area contributed by atoms with Gasteiger partial charge in [0.25, 0.3) is 0 Å². The molecule has 1 heterocycles. The van der Waals surface area contributed by atoms with Gasteiger partial charge in [0.1, 0.15) is 6.04 Å². The Morgan fingerprint density at radius 1 is 1.08 bits per heavy atom. The van der Waals surface area contributed by atoms with E-state index in [0.29, 0.717) is 13.1 Å². The summed E-state index contributed by atoms with van der Waals surface area (Å²) >= 11 is 1.55. The van der Waals surface area contributed by atoms with Gasteiger partial charge in [0.2, 0.25) is 0 Å². The standard InChI is InChI=1S/C19H26N4O2S/c1-22(2)15-9-7-14(8-10-15)17(23(3)4)13-21-19(25)18(24)20-12-16-6-5-11-26-16/h5-11,17H,12-13H2,1-4H3,(H,20,24)(H,21,25)/p+1/t17-/m1/s1. The second kappa shape index (κ2) is 9.35. The zero-order valence-electron chi connectivity index (χ0n) is 15.7. The van der Waals surface area contributed by atoms with E-state index >= 15 is 0 Å². The normalized spacial score (nSPS) is 11.9. The summed E-state index contributed by atoms with van der Waals surface area (Å²) in [7, 11) is 8.07. The number of carbonyl (C=O) groups is 2. The Morgan fingerprint density at radius 3 is 2.27 bits per heavy atom. The van der Waals surface area contributed by atoms with E-state index in [1.807, 2.05) is 50.6 Å². The Labute approximate surface area is 158 Å². The second-order valence-electron chi connectivity index (χ2n) is 6.59. The molecule has 140 valence electrons. The van der Waals surface area contributed by atoms with E-state index in [9.17, 15) is 9.59 Å². The molecule has 0 unspecified atom stereocenters. The predicted molar refractivity (Wildman–Crippen MR) is 105 cm³/mol. The van der Waals surface area contributed by atoms with Crippen molar-refractivity contribution >= 4 is 28.8 Å². The molecule has 6 nitrogen and oxygen atoms in total. The van der Waals surface area contributed by atoms with Gasteiger partial charge in [-0.1, -0.05) is 18.2 Å². The molecule has 0 saturated carbocycles. The minimum Gasteiger partial charge on any atom is -0.378 e.